The van der Waals surface area contributed by atoms with Crippen LogP contribution in [0.25, 0.3) is 0 Å². The Balaban J connectivity index is 0. The Labute approximate surface area is 104 Å². The van der Waals surface area contributed by atoms with Crippen molar-refractivity contribution >= 4 is 27.9 Å². The van der Waals surface area contributed by atoms with E-state index in [1.807, 2.05) is 20.8 Å². The van der Waals surface area contributed by atoms with Gasteiger partial charge in [-0.05, 0) is 19.3 Å². The van der Waals surface area contributed by atoms with Crippen LogP contribution < -0.4 is 6.15 Å². The molecule has 0 amide bonds. The average Bonchev–Trinajstić information content (AvgIpc) is 2.24. The van der Waals surface area contributed by atoms with Crippen molar-refractivity contribution in [2.45, 2.75) is 50.5 Å². The third-order valence-corrected chi connectivity index (χ3v) is 3.39. The molecule has 0 heterocycles. The van der Waals surface area contributed by atoms with Gasteiger partial charge in [-0.1, -0.05) is 36.7 Å². The quantitative estimate of drug-likeness (QED) is 0.354. The van der Waals surface area contributed by atoms with Gasteiger partial charge in [0.2, 0.25) is 4.83 Å². The normalized spacial score (nSPS) is 12.6. The highest BCUT2D eigenvalue weighted by atomic mass is 79.9. The van der Waals surface area contributed by atoms with Crippen molar-refractivity contribution in [2.75, 3.05) is 0 Å². The molecule has 1 unspecified atom stereocenters. The number of carbonyl (C=O) groups is 2. The van der Waals surface area contributed by atoms with E-state index in [0.29, 0.717) is 19.3 Å². The smallest absolute Gasteiger partial charge is 0.330 e. The van der Waals surface area contributed by atoms with Crippen LogP contribution in [0.1, 0.15) is 40.0 Å². The van der Waals surface area contributed by atoms with Gasteiger partial charge >= 0.3 is 12.0 Å². The first kappa shape index (κ1) is 17.9. The van der Waals surface area contributed by atoms with Crippen LogP contribution in [-0.4, -0.2) is 22.4 Å². The fourth-order valence-corrected chi connectivity index (χ4v) is 1.42. The zero-order valence-corrected chi connectivity index (χ0v) is 11.5. The minimum absolute atomic E-state index is 0. The van der Waals surface area contributed by atoms with Crippen LogP contribution in [0.2, 0.25) is 0 Å². The molecule has 4 nitrogen and oxygen atoms in total. The summed E-state index contributed by atoms with van der Waals surface area (Å²) in [5.41, 5.74) is -0.585. The second-order valence-corrected chi connectivity index (χ2v) is 4.25. The summed E-state index contributed by atoms with van der Waals surface area (Å²) in [6.45, 7) is 5.67. The van der Waals surface area contributed by atoms with E-state index in [0.717, 1.165) is 0 Å². The largest absolute Gasteiger partial charge is 0.458 e. The first-order chi connectivity index (χ1) is 6.92. The summed E-state index contributed by atoms with van der Waals surface area (Å²) in [6.07, 6.45) is 1.93. The minimum Gasteiger partial charge on any atom is -0.458 e. The number of ether oxygens (including phenoxy) is 1. The maximum absolute atomic E-state index is 12.2. The first-order valence-corrected chi connectivity index (χ1v) is 5.90. The van der Waals surface area contributed by atoms with Crippen molar-refractivity contribution < 1.29 is 18.7 Å². The molecular formula is C10H19BrFNO3. The molecule has 96 valence electrons. The number of esters is 1. The Morgan fingerprint density at radius 3 is 1.88 bits per heavy atom. The van der Waals surface area contributed by atoms with E-state index in [4.69, 9.17) is 4.74 Å². The molecule has 0 saturated heterocycles. The van der Waals surface area contributed by atoms with Gasteiger partial charge in [-0.2, -0.15) is 4.39 Å². The van der Waals surface area contributed by atoms with Gasteiger partial charge in [0.1, 0.15) is 5.60 Å². The SMILES string of the molecule is CCC(CC)(CC)OC(=O)C(Br)C(=O)F.N. The molecule has 6 heteroatoms. The molecule has 1 atom stereocenters. The maximum Gasteiger partial charge on any atom is 0.330 e. The van der Waals surface area contributed by atoms with E-state index in [9.17, 15) is 14.0 Å². The van der Waals surface area contributed by atoms with Gasteiger partial charge in [-0.3, -0.25) is 9.59 Å². The lowest BCUT2D eigenvalue weighted by atomic mass is 9.94. The topological polar surface area (TPSA) is 78.4 Å². The van der Waals surface area contributed by atoms with Crippen molar-refractivity contribution in [3.8, 4) is 0 Å². The molecule has 3 N–H and O–H groups in total. The number of carbonyl (C=O) groups excluding carboxylic acids is 2. The summed E-state index contributed by atoms with van der Waals surface area (Å²) in [6, 6.07) is -1.72. The Bertz CT molecular complexity index is 236. The van der Waals surface area contributed by atoms with Crippen molar-refractivity contribution in [1.82, 2.24) is 6.15 Å². The van der Waals surface area contributed by atoms with Crippen LogP contribution in [0, 0.1) is 0 Å². The van der Waals surface area contributed by atoms with Crippen LogP contribution in [0.15, 0.2) is 0 Å². The lowest BCUT2D eigenvalue weighted by molar-refractivity contribution is -0.162. The molecule has 0 aromatic carbocycles. The molecule has 0 saturated carbocycles. The predicted molar refractivity (Wildman–Crippen MR) is 63.5 cm³/mol. The number of rotatable bonds is 6. The van der Waals surface area contributed by atoms with E-state index < -0.39 is 22.4 Å². The first-order valence-electron chi connectivity index (χ1n) is 4.98. The molecule has 0 bridgehead atoms. The summed E-state index contributed by atoms with van der Waals surface area (Å²) in [4.78, 5) is 20.2. The van der Waals surface area contributed by atoms with Gasteiger partial charge in [0, 0.05) is 0 Å². The van der Waals surface area contributed by atoms with Crippen LogP contribution in [0.4, 0.5) is 4.39 Å². The molecule has 0 aliphatic carbocycles. The molecular weight excluding hydrogens is 281 g/mol. The summed E-state index contributed by atoms with van der Waals surface area (Å²) >= 11 is 2.65. The molecule has 0 aromatic heterocycles. The summed E-state index contributed by atoms with van der Waals surface area (Å²) in [7, 11) is 0. The Hall–Kier alpha value is -0.490. The third kappa shape index (κ3) is 4.57. The minimum atomic E-state index is -1.72. The highest BCUT2D eigenvalue weighted by molar-refractivity contribution is 9.10. The van der Waals surface area contributed by atoms with Crippen LogP contribution in [-0.2, 0) is 14.3 Å². The van der Waals surface area contributed by atoms with Crippen molar-refractivity contribution in [1.29, 1.82) is 0 Å². The fourth-order valence-electron chi connectivity index (χ4n) is 1.32. The summed E-state index contributed by atoms with van der Waals surface area (Å²) < 4.78 is 17.4. The van der Waals surface area contributed by atoms with Crippen molar-refractivity contribution in [2.24, 2.45) is 0 Å². The standard InChI is InChI=1S/C10H16BrFO3.H3N/c1-4-10(5-2,6-3)15-9(14)7(11)8(12)13;/h7H,4-6H2,1-3H3;1H3. The number of hydrogen-bond donors (Lipinski definition) is 1. The second-order valence-electron chi connectivity index (χ2n) is 3.33. The van der Waals surface area contributed by atoms with E-state index in [1.54, 1.807) is 0 Å². The molecule has 0 fully saturated rings. The number of alkyl halides is 1. The zero-order valence-electron chi connectivity index (χ0n) is 9.89. The van der Waals surface area contributed by atoms with E-state index in [-0.39, 0.29) is 6.15 Å². The van der Waals surface area contributed by atoms with Gasteiger partial charge in [0.05, 0.1) is 0 Å². The lowest BCUT2D eigenvalue weighted by Crippen LogP contribution is -2.37. The molecule has 0 aliphatic heterocycles. The maximum atomic E-state index is 12.2. The monoisotopic (exact) mass is 299 g/mol. The van der Waals surface area contributed by atoms with Crippen LogP contribution in [0.3, 0.4) is 0 Å². The van der Waals surface area contributed by atoms with Gasteiger partial charge in [0.25, 0.3) is 0 Å². The molecule has 0 aromatic rings. The molecule has 16 heavy (non-hydrogen) atoms. The lowest BCUT2D eigenvalue weighted by Gasteiger charge is -2.30. The Kier molecular flexibility index (Phi) is 8.64. The van der Waals surface area contributed by atoms with Gasteiger partial charge in [-0.15, -0.1) is 0 Å². The predicted octanol–water partition coefficient (Wildman–Crippen LogP) is 2.92. The zero-order chi connectivity index (χ0) is 12.1. The van der Waals surface area contributed by atoms with E-state index in [1.165, 1.54) is 0 Å². The molecule has 0 rings (SSSR count). The van der Waals surface area contributed by atoms with Crippen LogP contribution >= 0.6 is 15.9 Å². The molecule has 0 radical (unpaired) electrons. The summed E-state index contributed by atoms with van der Waals surface area (Å²) in [5.74, 6) is -0.854. The number of halogens is 2. The van der Waals surface area contributed by atoms with Crippen molar-refractivity contribution in [3.05, 3.63) is 0 Å². The van der Waals surface area contributed by atoms with Crippen LogP contribution in [0.5, 0.6) is 0 Å². The number of hydrogen-bond acceptors (Lipinski definition) is 4. The fraction of sp³-hybridized carbons (Fsp3) is 0.800. The summed E-state index contributed by atoms with van der Waals surface area (Å²) in [5, 5.41) is 0. The van der Waals surface area contributed by atoms with Gasteiger partial charge in [0.15, 0.2) is 0 Å². The van der Waals surface area contributed by atoms with E-state index in [2.05, 4.69) is 15.9 Å². The van der Waals surface area contributed by atoms with Gasteiger partial charge in [-0.25, -0.2) is 0 Å². The highest BCUT2D eigenvalue weighted by Crippen LogP contribution is 2.26. The van der Waals surface area contributed by atoms with Gasteiger partial charge < -0.3 is 10.9 Å². The third-order valence-electron chi connectivity index (χ3n) is 2.66. The Morgan fingerprint density at radius 1 is 1.25 bits per heavy atom. The average molecular weight is 300 g/mol. The second kappa shape index (κ2) is 7.73. The van der Waals surface area contributed by atoms with E-state index >= 15 is 0 Å². The van der Waals surface area contributed by atoms with Crippen molar-refractivity contribution in [3.63, 3.8) is 0 Å². The Morgan fingerprint density at radius 2 is 1.62 bits per heavy atom. The highest BCUT2D eigenvalue weighted by Gasteiger charge is 2.33. The molecule has 0 aliphatic rings. The molecule has 0 spiro atoms.